The van der Waals surface area contributed by atoms with E-state index in [1.165, 1.54) is 12.1 Å². The van der Waals surface area contributed by atoms with Crippen molar-refractivity contribution in [2.45, 2.75) is 19.8 Å². The van der Waals surface area contributed by atoms with E-state index < -0.39 is 0 Å². The van der Waals surface area contributed by atoms with Crippen LogP contribution in [0.1, 0.15) is 30.1 Å². The zero-order chi connectivity index (χ0) is 13.5. The maximum Gasteiger partial charge on any atom is 0.255 e. The number of alkyl halides is 1. The van der Waals surface area contributed by atoms with E-state index in [2.05, 4.69) is 5.32 Å². The molecule has 0 aliphatic carbocycles. The number of carbonyl (C=O) groups is 1. The molecule has 0 saturated carbocycles. The molecular formula is C13H18ClNO3. The van der Waals surface area contributed by atoms with Crippen molar-refractivity contribution >= 4 is 17.5 Å². The average Bonchev–Trinajstić information content (AvgIpc) is 2.34. The first-order valence-corrected chi connectivity index (χ1v) is 6.48. The summed E-state index contributed by atoms with van der Waals surface area (Å²) < 4.78 is 0. The molecule has 0 radical (unpaired) electrons. The van der Waals surface area contributed by atoms with Crippen LogP contribution in [0.15, 0.2) is 18.2 Å². The molecule has 5 heteroatoms. The van der Waals surface area contributed by atoms with Crippen LogP contribution in [-0.4, -0.2) is 28.5 Å². The van der Waals surface area contributed by atoms with Gasteiger partial charge in [-0.15, -0.1) is 11.6 Å². The van der Waals surface area contributed by atoms with Crippen LogP contribution in [0.3, 0.4) is 0 Å². The largest absolute Gasteiger partial charge is 0.508 e. The van der Waals surface area contributed by atoms with Gasteiger partial charge in [-0.1, -0.05) is 13.3 Å². The molecule has 1 aromatic rings. The fourth-order valence-electron chi connectivity index (χ4n) is 1.65. The van der Waals surface area contributed by atoms with Gasteiger partial charge >= 0.3 is 0 Å². The van der Waals surface area contributed by atoms with Crippen LogP contribution in [0.5, 0.6) is 11.5 Å². The first-order chi connectivity index (χ1) is 8.58. The Labute approximate surface area is 112 Å². The molecule has 0 spiro atoms. The van der Waals surface area contributed by atoms with E-state index in [1.54, 1.807) is 0 Å². The second-order valence-electron chi connectivity index (χ2n) is 4.16. The number of aromatic hydroxyl groups is 2. The molecule has 3 N–H and O–H groups in total. The van der Waals surface area contributed by atoms with E-state index >= 15 is 0 Å². The standard InChI is InChI=1S/C13H18ClNO3/c1-2-9(5-6-14)8-15-13(18)11-4-3-10(16)7-12(11)17/h3-4,7,9,16-17H,2,5-6,8H2,1H3,(H,15,18). The predicted molar refractivity (Wildman–Crippen MR) is 71.2 cm³/mol. The minimum atomic E-state index is -0.347. The summed E-state index contributed by atoms with van der Waals surface area (Å²) in [5.41, 5.74) is 0.161. The zero-order valence-electron chi connectivity index (χ0n) is 10.3. The molecule has 0 bridgehead atoms. The van der Waals surface area contributed by atoms with Gasteiger partial charge in [-0.05, 0) is 24.5 Å². The Hall–Kier alpha value is -1.42. The van der Waals surface area contributed by atoms with Crippen molar-refractivity contribution in [3.8, 4) is 11.5 Å². The van der Waals surface area contributed by atoms with Crippen molar-refractivity contribution in [3.63, 3.8) is 0 Å². The van der Waals surface area contributed by atoms with Gasteiger partial charge in [-0.2, -0.15) is 0 Å². The molecule has 0 saturated heterocycles. The number of halogens is 1. The molecule has 1 amide bonds. The van der Waals surface area contributed by atoms with E-state index in [-0.39, 0.29) is 23.0 Å². The predicted octanol–water partition coefficient (Wildman–Crippen LogP) is 2.48. The lowest BCUT2D eigenvalue weighted by atomic mass is 10.0. The summed E-state index contributed by atoms with van der Waals surface area (Å²) in [7, 11) is 0. The Morgan fingerprint density at radius 2 is 2.17 bits per heavy atom. The number of benzene rings is 1. The number of hydrogen-bond donors (Lipinski definition) is 3. The fraction of sp³-hybridized carbons (Fsp3) is 0.462. The number of hydrogen-bond acceptors (Lipinski definition) is 3. The number of carbonyl (C=O) groups excluding carboxylic acids is 1. The number of amides is 1. The first-order valence-electron chi connectivity index (χ1n) is 5.94. The Balaban J connectivity index is 2.59. The molecule has 0 heterocycles. The second kappa shape index (κ2) is 7.11. The van der Waals surface area contributed by atoms with Crippen LogP contribution in [0, 0.1) is 5.92 Å². The zero-order valence-corrected chi connectivity index (χ0v) is 11.1. The van der Waals surface area contributed by atoms with E-state index in [9.17, 15) is 9.90 Å². The van der Waals surface area contributed by atoms with Gasteiger partial charge in [0.2, 0.25) is 0 Å². The number of phenolic OH excluding ortho intramolecular Hbond substituents is 2. The van der Waals surface area contributed by atoms with Gasteiger partial charge in [0.15, 0.2) is 0 Å². The van der Waals surface area contributed by atoms with Crippen LogP contribution >= 0.6 is 11.6 Å². The number of rotatable bonds is 6. The smallest absolute Gasteiger partial charge is 0.255 e. The molecule has 0 aromatic heterocycles. The molecule has 100 valence electrons. The maximum absolute atomic E-state index is 11.8. The molecule has 4 nitrogen and oxygen atoms in total. The third kappa shape index (κ3) is 4.11. The van der Waals surface area contributed by atoms with Crippen molar-refractivity contribution in [3.05, 3.63) is 23.8 Å². The molecule has 1 atom stereocenters. The highest BCUT2D eigenvalue weighted by Crippen LogP contribution is 2.22. The Kier molecular flexibility index (Phi) is 5.78. The third-order valence-corrected chi connectivity index (χ3v) is 3.09. The van der Waals surface area contributed by atoms with Crippen molar-refractivity contribution < 1.29 is 15.0 Å². The third-order valence-electron chi connectivity index (χ3n) is 2.87. The monoisotopic (exact) mass is 271 g/mol. The molecule has 1 aromatic carbocycles. The van der Waals surface area contributed by atoms with Crippen molar-refractivity contribution in [2.24, 2.45) is 5.92 Å². The highest BCUT2D eigenvalue weighted by Gasteiger charge is 2.13. The molecule has 1 rings (SSSR count). The lowest BCUT2D eigenvalue weighted by Crippen LogP contribution is -2.29. The summed E-state index contributed by atoms with van der Waals surface area (Å²) in [4.78, 5) is 11.8. The van der Waals surface area contributed by atoms with Crippen LogP contribution < -0.4 is 5.32 Å². The fourth-order valence-corrected chi connectivity index (χ4v) is 1.96. The average molecular weight is 272 g/mol. The molecule has 0 aliphatic heterocycles. The van der Waals surface area contributed by atoms with E-state index in [4.69, 9.17) is 16.7 Å². The molecule has 0 fully saturated rings. The highest BCUT2D eigenvalue weighted by atomic mass is 35.5. The van der Waals surface area contributed by atoms with Gasteiger partial charge in [0.05, 0.1) is 5.56 Å². The van der Waals surface area contributed by atoms with Crippen molar-refractivity contribution in [2.75, 3.05) is 12.4 Å². The maximum atomic E-state index is 11.8. The second-order valence-corrected chi connectivity index (χ2v) is 4.54. The van der Waals surface area contributed by atoms with Gasteiger partial charge in [-0.3, -0.25) is 4.79 Å². The van der Waals surface area contributed by atoms with E-state index in [0.29, 0.717) is 18.3 Å². The summed E-state index contributed by atoms with van der Waals surface area (Å²) in [6.07, 6.45) is 1.79. The summed E-state index contributed by atoms with van der Waals surface area (Å²) in [5, 5.41) is 21.4. The molecule has 1 unspecified atom stereocenters. The minimum absolute atomic E-state index is 0.0716. The number of phenols is 2. The van der Waals surface area contributed by atoms with Crippen molar-refractivity contribution in [1.29, 1.82) is 0 Å². The Morgan fingerprint density at radius 1 is 1.44 bits per heavy atom. The van der Waals surface area contributed by atoms with Crippen molar-refractivity contribution in [1.82, 2.24) is 5.32 Å². The van der Waals surface area contributed by atoms with Gasteiger partial charge in [-0.25, -0.2) is 0 Å². The summed E-state index contributed by atoms with van der Waals surface area (Å²) >= 11 is 5.67. The number of nitrogens with one attached hydrogen (secondary N) is 1. The Bertz CT molecular complexity index is 409. The summed E-state index contributed by atoms with van der Waals surface area (Å²) in [6, 6.07) is 3.90. The van der Waals surface area contributed by atoms with E-state index in [0.717, 1.165) is 18.9 Å². The Morgan fingerprint density at radius 3 is 2.72 bits per heavy atom. The molecule has 0 aliphatic rings. The quantitative estimate of drug-likeness (QED) is 0.696. The lowest BCUT2D eigenvalue weighted by Gasteiger charge is -2.14. The van der Waals surface area contributed by atoms with Gasteiger partial charge < -0.3 is 15.5 Å². The lowest BCUT2D eigenvalue weighted by molar-refractivity contribution is 0.0944. The van der Waals surface area contributed by atoms with Crippen LogP contribution in [0.2, 0.25) is 0 Å². The molecule has 18 heavy (non-hydrogen) atoms. The van der Waals surface area contributed by atoms with Gasteiger partial charge in [0.25, 0.3) is 5.91 Å². The first kappa shape index (κ1) is 14.6. The SMILES string of the molecule is CCC(CCCl)CNC(=O)c1ccc(O)cc1O. The minimum Gasteiger partial charge on any atom is -0.508 e. The van der Waals surface area contributed by atoms with E-state index in [1.807, 2.05) is 6.92 Å². The van der Waals surface area contributed by atoms with Gasteiger partial charge in [0.1, 0.15) is 11.5 Å². The molecular weight excluding hydrogens is 254 g/mol. The van der Waals surface area contributed by atoms with Crippen LogP contribution in [0.25, 0.3) is 0 Å². The van der Waals surface area contributed by atoms with Crippen LogP contribution in [-0.2, 0) is 0 Å². The normalized spacial score (nSPS) is 12.1. The van der Waals surface area contributed by atoms with Gasteiger partial charge in [0, 0.05) is 18.5 Å². The highest BCUT2D eigenvalue weighted by molar-refractivity contribution is 6.17. The summed E-state index contributed by atoms with van der Waals surface area (Å²) in [5.74, 6) is 0.264. The topological polar surface area (TPSA) is 69.6 Å². The summed E-state index contributed by atoms with van der Waals surface area (Å²) in [6.45, 7) is 2.57. The van der Waals surface area contributed by atoms with Crippen LogP contribution in [0.4, 0.5) is 0 Å².